The van der Waals surface area contributed by atoms with Crippen LogP contribution in [0.15, 0.2) is 42.2 Å². The quantitative estimate of drug-likeness (QED) is 0.482. The van der Waals surface area contributed by atoms with Crippen LogP contribution in [0.25, 0.3) is 6.08 Å². The van der Waals surface area contributed by atoms with Gasteiger partial charge < -0.3 is 14.7 Å². The summed E-state index contributed by atoms with van der Waals surface area (Å²) in [4.78, 5) is 24.4. The first kappa shape index (κ1) is 18.2. The molecule has 28 heavy (non-hydrogen) atoms. The van der Waals surface area contributed by atoms with Crippen molar-refractivity contribution in [1.29, 1.82) is 0 Å². The van der Waals surface area contributed by atoms with Crippen molar-refractivity contribution in [2.45, 2.75) is 25.8 Å². The molecule has 144 valence electrons. The standard InChI is InChI=1S/C21H20N2O5/c24-18-9-8-16-20(25)19(12-14-4-6-15(7-5-14)23(26)27)28-21(16)17(18)13-22-10-2-1-3-11-22/h4-9,12,24H,1-3,10-11,13H2/p+1/b19-12-. The van der Waals surface area contributed by atoms with Gasteiger partial charge in [-0.2, -0.15) is 0 Å². The van der Waals surface area contributed by atoms with Gasteiger partial charge in [0, 0.05) is 12.1 Å². The number of piperidine rings is 1. The number of quaternary nitrogens is 1. The van der Waals surface area contributed by atoms with Gasteiger partial charge in [0.05, 0.1) is 29.1 Å². The molecule has 0 unspecified atom stereocenters. The number of nitro benzene ring substituents is 1. The Kier molecular flexibility index (Phi) is 4.83. The Morgan fingerprint density at radius 3 is 2.50 bits per heavy atom. The minimum atomic E-state index is -0.470. The fraction of sp³-hybridized carbons (Fsp3) is 0.286. The summed E-state index contributed by atoms with van der Waals surface area (Å²) >= 11 is 0. The summed E-state index contributed by atoms with van der Waals surface area (Å²) in [5.41, 5.74) is 1.72. The maximum atomic E-state index is 12.7. The van der Waals surface area contributed by atoms with Crippen LogP contribution in [0.5, 0.6) is 11.5 Å². The fourth-order valence-electron chi connectivity index (χ4n) is 3.79. The molecule has 1 saturated heterocycles. The van der Waals surface area contributed by atoms with Crippen LogP contribution < -0.4 is 9.64 Å². The molecule has 0 saturated carbocycles. The van der Waals surface area contributed by atoms with Crippen molar-refractivity contribution in [2.24, 2.45) is 0 Å². The number of nitro groups is 1. The molecular formula is C21H21N2O5+. The first-order chi connectivity index (χ1) is 13.5. The van der Waals surface area contributed by atoms with E-state index in [1.54, 1.807) is 30.3 Å². The lowest BCUT2D eigenvalue weighted by molar-refractivity contribution is -0.918. The van der Waals surface area contributed by atoms with Crippen LogP contribution in [0, 0.1) is 10.1 Å². The molecule has 1 fully saturated rings. The van der Waals surface area contributed by atoms with Crippen LogP contribution in [0.2, 0.25) is 0 Å². The molecule has 2 aliphatic rings. The van der Waals surface area contributed by atoms with E-state index < -0.39 is 4.92 Å². The first-order valence-electron chi connectivity index (χ1n) is 9.40. The number of Topliss-reactive ketones (excluding diaryl/α,β-unsaturated/α-hetero) is 1. The molecule has 7 heteroatoms. The van der Waals surface area contributed by atoms with Gasteiger partial charge in [0.2, 0.25) is 5.78 Å². The third-order valence-electron chi connectivity index (χ3n) is 5.31. The van der Waals surface area contributed by atoms with Crippen LogP contribution in [-0.2, 0) is 6.54 Å². The number of carbonyl (C=O) groups is 1. The highest BCUT2D eigenvalue weighted by atomic mass is 16.6. The number of allylic oxidation sites excluding steroid dienone is 1. The average molecular weight is 381 g/mol. The molecule has 2 aromatic rings. The number of carbonyl (C=O) groups excluding carboxylic acids is 1. The molecule has 2 aliphatic heterocycles. The number of ketones is 1. The second kappa shape index (κ2) is 7.44. The zero-order chi connectivity index (χ0) is 19.7. The summed E-state index contributed by atoms with van der Waals surface area (Å²) in [5.74, 6) is 0.477. The highest BCUT2D eigenvalue weighted by Crippen LogP contribution is 2.39. The molecule has 0 aliphatic carbocycles. The number of non-ortho nitro benzene ring substituents is 1. The van der Waals surface area contributed by atoms with Crippen molar-refractivity contribution in [3.8, 4) is 11.5 Å². The van der Waals surface area contributed by atoms with Crippen molar-refractivity contribution in [3.63, 3.8) is 0 Å². The molecular weight excluding hydrogens is 360 g/mol. The molecule has 2 N–H and O–H groups in total. The van der Waals surface area contributed by atoms with Crippen molar-refractivity contribution in [1.82, 2.24) is 0 Å². The van der Waals surface area contributed by atoms with E-state index in [0.29, 0.717) is 29.0 Å². The lowest BCUT2D eigenvalue weighted by atomic mass is 10.0. The Hall–Kier alpha value is -3.19. The summed E-state index contributed by atoms with van der Waals surface area (Å²) < 4.78 is 5.86. The van der Waals surface area contributed by atoms with Crippen molar-refractivity contribution in [3.05, 3.63) is 69.0 Å². The van der Waals surface area contributed by atoms with Gasteiger partial charge >= 0.3 is 0 Å². The van der Waals surface area contributed by atoms with Gasteiger partial charge in [-0.05, 0) is 55.2 Å². The lowest BCUT2D eigenvalue weighted by Crippen LogP contribution is -3.11. The predicted molar refractivity (Wildman–Crippen MR) is 102 cm³/mol. The zero-order valence-corrected chi connectivity index (χ0v) is 15.3. The minimum absolute atomic E-state index is 0.0131. The Balaban J connectivity index is 1.62. The molecule has 0 radical (unpaired) electrons. The molecule has 0 aromatic heterocycles. The maximum Gasteiger partial charge on any atom is 0.269 e. The second-order valence-corrected chi connectivity index (χ2v) is 7.22. The number of likely N-dealkylation sites (tertiary alicyclic amines) is 1. The number of hydrogen-bond donors (Lipinski definition) is 2. The predicted octanol–water partition coefficient (Wildman–Crippen LogP) is 2.49. The van der Waals surface area contributed by atoms with Gasteiger partial charge in [0.25, 0.3) is 5.69 Å². The van der Waals surface area contributed by atoms with Crippen LogP contribution in [0.1, 0.15) is 40.7 Å². The van der Waals surface area contributed by atoms with Gasteiger partial charge in [-0.3, -0.25) is 14.9 Å². The summed E-state index contributed by atoms with van der Waals surface area (Å²) in [6.07, 6.45) is 5.13. The van der Waals surface area contributed by atoms with Crippen molar-refractivity contribution >= 4 is 17.5 Å². The monoisotopic (exact) mass is 381 g/mol. The van der Waals surface area contributed by atoms with E-state index >= 15 is 0 Å². The fourth-order valence-corrected chi connectivity index (χ4v) is 3.79. The lowest BCUT2D eigenvalue weighted by Gasteiger charge is -2.24. The van der Waals surface area contributed by atoms with Gasteiger partial charge in [0.1, 0.15) is 12.3 Å². The van der Waals surface area contributed by atoms with Crippen molar-refractivity contribution in [2.75, 3.05) is 13.1 Å². The van der Waals surface area contributed by atoms with Gasteiger partial charge in [0.15, 0.2) is 11.5 Å². The van der Waals surface area contributed by atoms with Gasteiger partial charge in [-0.1, -0.05) is 0 Å². The molecule has 4 rings (SSSR count). The third kappa shape index (κ3) is 3.48. The minimum Gasteiger partial charge on any atom is -0.507 e. The number of hydrogen-bond acceptors (Lipinski definition) is 5. The first-order valence-corrected chi connectivity index (χ1v) is 9.40. The summed E-state index contributed by atoms with van der Waals surface area (Å²) in [7, 11) is 0. The Morgan fingerprint density at radius 1 is 1.11 bits per heavy atom. The molecule has 0 bridgehead atoms. The largest absolute Gasteiger partial charge is 0.507 e. The molecule has 0 amide bonds. The zero-order valence-electron chi connectivity index (χ0n) is 15.3. The van der Waals surface area contributed by atoms with Gasteiger partial charge in [-0.15, -0.1) is 0 Å². The number of aromatic hydroxyl groups is 1. The van der Waals surface area contributed by atoms with E-state index in [1.165, 1.54) is 23.5 Å². The number of phenolic OH excluding ortho intramolecular Hbond substituents is 1. The topological polar surface area (TPSA) is 94.1 Å². The van der Waals surface area contributed by atoms with Crippen LogP contribution >= 0.6 is 0 Å². The number of nitrogens with one attached hydrogen (secondary N) is 1. The summed E-state index contributed by atoms with van der Waals surface area (Å²) in [5, 5.41) is 21.1. The Morgan fingerprint density at radius 2 is 1.82 bits per heavy atom. The molecule has 0 atom stereocenters. The Bertz CT molecular complexity index is 960. The molecule has 0 spiro atoms. The van der Waals surface area contributed by atoms with Crippen LogP contribution in [-0.4, -0.2) is 28.9 Å². The van der Waals surface area contributed by atoms with E-state index in [4.69, 9.17) is 4.74 Å². The SMILES string of the molecule is O=C1/C(=C/c2ccc([N+](=O)[O-])cc2)Oc2c1ccc(O)c2C[NH+]1CCCCC1. The smallest absolute Gasteiger partial charge is 0.269 e. The second-order valence-electron chi connectivity index (χ2n) is 7.22. The number of benzene rings is 2. The number of rotatable bonds is 4. The maximum absolute atomic E-state index is 12.7. The van der Waals surface area contributed by atoms with E-state index in [1.807, 2.05) is 0 Å². The van der Waals surface area contributed by atoms with E-state index in [0.717, 1.165) is 25.9 Å². The third-order valence-corrected chi connectivity index (χ3v) is 5.31. The number of nitrogens with zero attached hydrogens (tertiary/aromatic N) is 1. The summed E-state index contributed by atoms with van der Waals surface area (Å²) in [6, 6.07) is 9.04. The average Bonchev–Trinajstić information content (AvgIpc) is 3.01. The highest BCUT2D eigenvalue weighted by Gasteiger charge is 2.32. The number of fused-ring (bicyclic) bond motifs is 1. The van der Waals surface area contributed by atoms with Crippen LogP contribution in [0.4, 0.5) is 5.69 Å². The van der Waals surface area contributed by atoms with Crippen LogP contribution in [0.3, 0.4) is 0 Å². The number of ether oxygens (including phenoxy) is 1. The summed E-state index contributed by atoms with van der Waals surface area (Å²) in [6.45, 7) is 2.71. The molecule has 2 aromatic carbocycles. The van der Waals surface area contributed by atoms with E-state index in [2.05, 4.69) is 0 Å². The van der Waals surface area contributed by atoms with Gasteiger partial charge in [-0.25, -0.2) is 0 Å². The molecule has 7 nitrogen and oxygen atoms in total. The molecule has 2 heterocycles. The normalized spacial score (nSPS) is 18.1. The van der Waals surface area contributed by atoms with Crippen molar-refractivity contribution < 1.29 is 24.5 Å². The van der Waals surface area contributed by atoms with E-state index in [9.17, 15) is 20.0 Å². The highest BCUT2D eigenvalue weighted by molar-refractivity contribution is 6.15. The van der Waals surface area contributed by atoms with E-state index in [-0.39, 0.29) is 23.0 Å². The number of phenols is 1. The Labute approximate surface area is 162 Å².